The highest BCUT2D eigenvalue weighted by Gasteiger charge is 2.36. The molecule has 14 heteroatoms. The first-order valence-corrected chi connectivity index (χ1v) is 9.41. The molecule has 1 amide bonds. The van der Waals surface area contributed by atoms with Crippen molar-refractivity contribution in [3.63, 3.8) is 0 Å². The fourth-order valence-electron chi connectivity index (χ4n) is 2.98. The van der Waals surface area contributed by atoms with Gasteiger partial charge in [-0.3, -0.25) is 15.6 Å². The fourth-order valence-corrected chi connectivity index (χ4v) is 3.47. The molecule has 2 aromatic rings. The van der Waals surface area contributed by atoms with E-state index in [1.165, 1.54) is 4.90 Å². The molecule has 1 fully saturated rings. The van der Waals surface area contributed by atoms with Gasteiger partial charge in [-0.15, -0.1) is 0 Å². The second-order valence-electron chi connectivity index (χ2n) is 6.55. The van der Waals surface area contributed by atoms with Crippen molar-refractivity contribution in [3.05, 3.63) is 45.7 Å². The van der Waals surface area contributed by atoms with Crippen LogP contribution in [0, 0.1) is 0 Å². The van der Waals surface area contributed by atoms with Crippen LogP contribution in [0.1, 0.15) is 24.0 Å². The molecule has 2 aromatic heterocycles. The van der Waals surface area contributed by atoms with Gasteiger partial charge < -0.3 is 4.90 Å². The maximum absolute atomic E-state index is 12.8. The predicted molar refractivity (Wildman–Crippen MR) is 101 cm³/mol. The van der Waals surface area contributed by atoms with E-state index in [-0.39, 0.29) is 21.7 Å². The number of carbonyl (C=O) groups excluding carboxylic acids is 1. The Bertz CT molecular complexity index is 984. The number of pyridine rings is 2. The van der Waals surface area contributed by atoms with E-state index in [1.807, 2.05) is 0 Å². The van der Waals surface area contributed by atoms with E-state index in [0.717, 1.165) is 6.07 Å². The lowest BCUT2D eigenvalue weighted by atomic mass is 10.2. The molecular weight excluding hydrogens is 475 g/mol. The minimum Gasteiger partial charge on any atom is -0.343 e. The molecule has 2 N–H and O–H groups in total. The summed E-state index contributed by atoms with van der Waals surface area (Å²) in [6.45, 7) is 0.315. The Morgan fingerprint density at radius 1 is 1.00 bits per heavy atom. The number of nitrogens with one attached hydrogen (secondary N) is 2. The first-order valence-electron chi connectivity index (χ1n) is 8.66. The minimum absolute atomic E-state index is 0.0120. The van der Waals surface area contributed by atoms with Crippen LogP contribution in [0.25, 0.3) is 0 Å². The van der Waals surface area contributed by atoms with Crippen molar-refractivity contribution < 1.29 is 31.1 Å². The van der Waals surface area contributed by atoms with Crippen LogP contribution in [0.2, 0.25) is 10.0 Å². The lowest BCUT2D eigenvalue weighted by Gasteiger charge is -2.26. The highest BCUT2D eigenvalue weighted by atomic mass is 35.5. The predicted octanol–water partition coefficient (Wildman–Crippen LogP) is 4.93. The van der Waals surface area contributed by atoms with E-state index >= 15 is 0 Å². The number of hydrogen-bond donors (Lipinski definition) is 2. The summed E-state index contributed by atoms with van der Waals surface area (Å²) in [6, 6.07) is 0.542. The van der Waals surface area contributed by atoms with E-state index in [0.29, 0.717) is 37.8 Å². The molecule has 31 heavy (non-hydrogen) atoms. The van der Waals surface area contributed by atoms with Crippen LogP contribution in [0.15, 0.2) is 24.5 Å². The third-order valence-corrected chi connectivity index (χ3v) is 5.02. The van der Waals surface area contributed by atoms with Gasteiger partial charge in [0.1, 0.15) is 11.9 Å². The Balaban J connectivity index is 1.71. The molecule has 168 valence electrons. The second-order valence-corrected chi connectivity index (χ2v) is 7.36. The van der Waals surface area contributed by atoms with Gasteiger partial charge in [0.15, 0.2) is 5.82 Å². The molecule has 1 aliphatic rings. The molecule has 0 aliphatic carbocycles. The Kier molecular flexibility index (Phi) is 6.42. The number of anilines is 2. The topological polar surface area (TPSA) is 70.2 Å². The number of nitrogens with zero attached hydrogens (tertiary/aromatic N) is 3. The van der Waals surface area contributed by atoms with Crippen molar-refractivity contribution in [2.24, 2.45) is 0 Å². The zero-order valence-corrected chi connectivity index (χ0v) is 16.8. The molecule has 0 aromatic carbocycles. The van der Waals surface area contributed by atoms with Crippen molar-refractivity contribution in [1.82, 2.24) is 15.4 Å². The van der Waals surface area contributed by atoms with Crippen molar-refractivity contribution in [2.45, 2.75) is 31.2 Å². The number of aromatic nitrogens is 2. The highest BCUT2D eigenvalue weighted by molar-refractivity contribution is 6.33. The van der Waals surface area contributed by atoms with Crippen molar-refractivity contribution in [1.29, 1.82) is 0 Å². The lowest BCUT2D eigenvalue weighted by molar-refractivity contribution is -0.138. The number of rotatable bonds is 4. The summed E-state index contributed by atoms with van der Waals surface area (Å²) in [7, 11) is 0. The molecular formula is C17H13Cl2F6N5O. The van der Waals surface area contributed by atoms with Gasteiger partial charge in [0.05, 0.1) is 21.2 Å². The monoisotopic (exact) mass is 487 g/mol. The van der Waals surface area contributed by atoms with Gasteiger partial charge >= 0.3 is 12.4 Å². The molecule has 3 rings (SSSR count). The number of alkyl halides is 6. The van der Waals surface area contributed by atoms with E-state index < -0.39 is 35.4 Å². The Labute approximate surface area is 181 Å². The van der Waals surface area contributed by atoms with Crippen LogP contribution < -0.4 is 15.8 Å². The zero-order valence-electron chi connectivity index (χ0n) is 15.3. The average Bonchev–Trinajstić information content (AvgIpc) is 3.14. The third kappa shape index (κ3) is 5.24. The third-order valence-electron chi connectivity index (χ3n) is 4.45. The fraction of sp³-hybridized carbons (Fsp3) is 0.353. The summed E-state index contributed by atoms with van der Waals surface area (Å²) in [5, 5.41) is -0.638. The van der Waals surface area contributed by atoms with E-state index in [9.17, 15) is 31.1 Å². The molecule has 1 saturated heterocycles. The van der Waals surface area contributed by atoms with Crippen LogP contribution in [0.4, 0.5) is 38.0 Å². The van der Waals surface area contributed by atoms with Gasteiger partial charge in [0.25, 0.3) is 5.91 Å². The maximum atomic E-state index is 12.8. The van der Waals surface area contributed by atoms with Gasteiger partial charge in [-0.1, -0.05) is 23.2 Å². The van der Waals surface area contributed by atoms with E-state index in [1.54, 1.807) is 0 Å². The number of amides is 1. The maximum Gasteiger partial charge on any atom is 0.417 e. The first-order chi connectivity index (χ1) is 14.4. The van der Waals surface area contributed by atoms with E-state index in [4.69, 9.17) is 23.2 Å². The van der Waals surface area contributed by atoms with Crippen LogP contribution >= 0.6 is 23.2 Å². The Morgan fingerprint density at radius 2 is 1.58 bits per heavy atom. The minimum atomic E-state index is -4.63. The average molecular weight is 488 g/mol. The molecule has 0 radical (unpaired) electrons. The number of carbonyl (C=O) groups is 1. The quantitative estimate of drug-likeness (QED) is 0.472. The summed E-state index contributed by atoms with van der Waals surface area (Å²) in [4.78, 5) is 21.3. The van der Waals surface area contributed by atoms with Crippen LogP contribution in [-0.4, -0.2) is 28.5 Å². The summed E-state index contributed by atoms with van der Waals surface area (Å²) in [5.74, 6) is -0.815. The SMILES string of the molecule is O=C(NNc1ncc(C(F)(F)F)cc1Cl)[C@@H]1CCCN1c1ncc(C(F)(F)F)cc1Cl. The van der Waals surface area contributed by atoms with Crippen LogP contribution in [-0.2, 0) is 17.1 Å². The van der Waals surface area contributed by atoms with Gasteiger partial charge in [-0.2, -0.15) is 26.3 Å². The summed E-state index contributed by atoms with van der Waals surface area (Å²) in [5.41, 5.74) is 2.55. The van der Waals surface area contributed by atoms with Gasteiger partial charge in [-0.05, 0) is 25.0 Å². The molecule has 1 aliphatic heterocycles. The number of halogens is 8. The normalized spacial score (nSPS) is 17.0. The highest BCUT2D eigenvalue weighted by Crippen LogP contribution is 2.36. The van der Waals surface area contributed by atoms with Crippen LogP contribution in [0.5, 0.6) is 0 Å². The molecule has 0 spiro atoms. The zero-order chi connectivity index (χ0) is 23.0. The molecule has 3 heterocycles. The second kappa shape index (κ2) is 8.58. The molecule has 6 nitrogen and oxygen atoms in total. The van der Waals surface area contributed by atoms with Gasteiger partial charge in [0, 0.05) is 18.9 Å². The van der Waals surface area contributed by atoms with Crippen molar-refractivity contribution >= 4 is 40.7 Å². The first kappa shape index (κ1) is 23.2. The van der Waals surface area contributed by atoms with Crippen molar-refractivity contribution in [2.75, 3.05) is 16.9 Å². The molecule has 1 atom stereocenters. The number of hydrazine groups is 1. The standard InChI is InChI=1S/C17H13Cl2F6N5O/c18-10-4-8(16(20,21)22)6-26-13(10)28-29-15(31)12-2-1-3-30(12)14-11(19)5-9(7-27-14)17(23,24)25/h4-7,12H,1-3H2,(H,26,28)(H,29,31)/t12-/m0/s1. The van der Waals surface area contributed by atoms with Gasteiger partial charge in [-0.25, -0.2) is 9.97 Å². The Morgan fingerprint density at radius 3 is 2.13 bits per heavy atom. The molecule has 0 saturated carbocycles. The summed E-state index contributed by atoms with van der Waals surface area (Å²) < 4.78 is 76.4. The molecule has 0 bridgehead atoms. The van der Waals surface area contributed by atoms with Gasteiger partial charge in [0.2, 0.25) is 0 Å². The summed E-state index contributed by atoms with van der Waals surface area (Å²) >= 11 is 11.7. The largest absolute Gasteiger partial charge is 0.417 e. The van der Waals surface area contributed by atoms with Crippen LogP contribution in [0.3, 0.4) is 0 Å². The summed E-state index contributed by atoms with van der Waals surface area (Å²) in [6.07, 6.45) is -7.19. The van der Waals surface area contributed by atoms with E-state index in [2.05, 4.69) is 20.8 Å². The smallest absolute Gasteiger partial charge is 0.343 e. The molecule has 0 unspecified atom stereocenters. The van der Waals surface area contributed by atoms with Crippen molar-refractivity contribution in [3.8, 4) is 0 Å². The Hall–Kier alpha value is -2.47. The lowest BCUT2D eigenvalue weighted by Crippen LogP contribution is -2.46. The number of hydrogen-bond acceptors (Lipinski definition) is 5.